The van der Waals surface area contributed by atoms with Crippen molar-refractivity contribution in [2.24, 2.45) is 0 Å². The molecule has 0 aliphatic rings. The van der Waals surface area contributed by atoms with Crippen LogP contribution < -0.4 is 11.1 Å². The highest BCUT2D eigenvalue weighted by molar-refractivity contribution is 6.34. The van der Waals surface area contributed by atoms with Crippen LogP contribution in [0.15, 0.2) is 42.5 Å². The van der Waals surface area contributed by atoms with E-state index in [1.165, 1.54) is 0 Å². The molecule has 2 aromatic rings. The molecule has 0 spiro atoms. The quantitative estimate of drug-likeness (QED) is 0.822. The summed E-state index contributed by atoms with van der Waals surface area (Å²) in [6, 6.07) is 11.8. The lowest BCUT2D eigenvalue weighted by Gasteiger charge is -2.08. The summed E-state index contributed by atoms with van der Waals surface area (Å²) >= 11 is 11.7. The number of rotatable bonds is 2. The minimum absolute atomic E-state index is 0.263. The summed E-state index contributed by atoms with van der Waals surface area (Å²) in [4.78, 5) is 12.0. The zero-order chi connectivity index (χ0) is 13.1. The number of amides is 1. The third kappa shape index (κ3) is 2.75. The van der Waals surface area contributed by atoms with Gasteiger partial charge in [-0.3, -0.25) is 4.79 Å². The number of benzene rings is 2. The molecule has 1 amide bonds. The molecule has 5 heteroatoms. The molecule has 0 heterocycles. The van der Waals surface area contributed by atoms with Gasteiger partial charge in [-0.25, -0.2) is 0 Å². The highest BCUT2D eigenvalue weighted by Crippen LogP contribution is 2.23. The molecular weight excluding hydrogens is 271 g/mol. The van der Waals surface area contributed by atoms with E-state index in [4.69, 9.17) is 28.9 Å². The molecule has 2 rings (SSSR count). The summed E-state index contributed by atoms with van der Waals surface area (Å²) in [5, 5.41) is 3.61. The van der Waals surface area contributed by atoms with Crippen LogP contribution in [-0.4, -0.2) is 5.91 Å². The number of hydrogen-bond acceptors (Lipinski definition) is 2. The van der Waals surface area contributed by atoms with Crippen molar-refractivity contribution in [3.63, 3.8) is 0 Å². The van der Waals surface area contributed by atoms with Gasteiger partial charge in [0.15, 0.2) is 0 Å². The normalized spacial score (nSPS) is 10.1. The molecule has 0 aromatic heterocycles. The summed E-state index contributed by atoms with van der Waals surface area (Å²) in [6.07, 6.45) is 0. The van der Waals surface area contributed by atoms with Crippen LogP contribution in [0.1, 0.15) is 10.4 Å². The van der Waals surface area contributed by atoms with Crippen molar-refractivity contribution in [2.45, 2.75) is 0 Å². The Morgan fingerprint density at radius 3 is 2.56 bits per heavy atom. The van der Waals surface area contributed by atoms with Gasteiger partial charge in [0.05, 0.1) is 16.3 Å². The van der Waals surface area contributed by atoms with E-state index in [0.717, 1.165) is 0 Å². The molecule has 3 nitrogen and oxygen atoms in total. The largest absolute Gasteiger partial charge is 0.397 e. The summed E-state index contributed by atoms with van der Waals surface area (Å²) < 4.78 is 0. The molecule has 0 aliphatic heterocycles. The van der Waals surface area contributed by atoms with Gasteiger partial charge in [0, 0.05) is 10.7 Å². The second-order valence-electron chi connectivity index (χ2n) is 3.67. The number of halogens is 2. The molecule has 92 valence electrons. The van der Waals surface area contributed by atoms with Gasteiger partial charge in [-0.05, 0) is 30.3 Å². The van der Waals surface area contributed by atoms with Gasteiger partial charge in [0.2, 0.25) is 0 Å². The van der Waals surface area contributed by atoms with Crippen molar-refractivity contribution in [3.8, 4) is 0 Å². The molecule has 3 N–H and O–H groups in total. The molecule has 0 radical (unpaired) electrons. The van der Waals surface area contributed by atoms with Crippen LogP contribution in [0.2, 0.25) is 10.0 Å². The van der Waals surface area contributed by atoms with Gasteiger partial charge in [0.1, 0.15) is 0 Å². The van der Waals surface area contributed by atoms with Crippen molar-refractivity contribution < 1.29 is 4.79 Å². The Morgan fingerprint density at radius 1 is 1.11 bits per heavy atom. The predicted octanol–water partition coefficient (Wildman–Crippen LogP) is 3.83. The first-order valence-corrected chi connectivity index (χ1v) is 5.94. The monoisotopic (exact) mass is 280 g/mol. The van der Waals surface area contributed by atoms with Crippen LogP contribution in [0, 0.1) is 0 Å². The summed E-state index contributed by atoms with van der Waals surface area (Å²) in [7, 11) is 0. The molecular formula is C13H10Cl2N2O. The lowest BCUT2D eigenvalue weighted by Crippen LogP contribution is -2.14. The lowest BCUT2D eigenvalue weighted by atomic mass is 10.1. The van der Waals surface area contributed by atoms with E-state index in [1.807, 2.05) is 0 Å². The summed E-state index contributed by atoms with van der Waals surface area (Å²) in [5.74, 6) is -0.322. The number of nitrogens with one attached hydrogen (secondary N) is 1. The maximum atomic E-state index is 12.0. The maximum Gasteiger partial charge on any atom is 0.257 e. The molecule has 2 aromatic carbocycles. The van der Waals surface area contributed by atoms with Crippen LogP contribution in [0.25, 0.3) is 0 Å². The number of anilines is 2. The SMILES string of the molecule is Nc1c(Cl)cccc1C(=O)Nc1cccc(Cl)c1. The summed E-state index contributed by atoms with van der Waals surface area (Å²) in [6.45, 7) is 0. The Balaban J connectivity index is 2.25. The van der Waals surface area contributed by atoms with Crippen molar-refractivity contribution >= 4 is 40.5 Å². The highest BCUT2D eigenvalue weighted by Gasteiger charge is 2.11. The Labute approximate surface area is 115 Å². The Kier molecular flexibility index (Phi) is 3.75. The van der Waals surface area contributed by atoms with Crippen LogP contribution in [0.5, 0.6) is 0 Å². The van der Waals surface area contributed by atoms with E-state index in [0.29, 0.717) is 21.3 Å². The number of carbonyl (C=O) groups is 1. The van der Waals surface area contributed by atoms with E-state index in [2.05, 4.69) is 5.32 Å². The molecule has 0 atom stereocenters. The smallest absolute Gasteiger partial charge is 0.257 e. The predicted molar refractivity (Wildman–Crippen MR) is 75.3 cm³/mol. The third-order valence-electron chi connectivity index (χ3n) is 2.38. The molecule has 0 fully saturated rings. The first-order chi connectivity index (χ1) is 8.58. The van der Waals surface area contributed by atoms with Gasteiger partial charge in [-0.15, -0.1) is 0 Å². The number of nitrogen functional groups attached to an aromatic ring is 1. The van der Waals surface area contributed by atoms with Crippen LogP contribution in [-0.2, 0) is 0 Å². The molecule has 18 heavy (non-hydrogen) atoms. The summed E-state index contributed by atoms with van der Waals surface area (Å²) in [5.41, 5.74) is 6.95. The first-order valence-electron chi connectivity index (χ1n) is 5.19. The van der Waals surface area contributed by atoms with Crippen LogP contribution in [0.4, 0.5) is 11.4 Å². The average molecular weight is 281 g/mol. The zero-order valence-corrected chi connectivity index (χ0v) is 10.8. The lowest BCUT2D eigenvalue weighted by molar-refractivity contribution is 0.102. The van der Waals surface area contributed by atoms with Gasteiger partial charge < -0.3 is 11.1 Å². The molecule has 0 saturated heterocycles. The zero-order valence-electron chi connectivity index (χ0n) is 9.28. The fourth-order valence-corrected chi connectivity index (χ4v) is 1.86. The number of para-hydroxylation sites is 1. The Morgan fingerprint density at radius 2 is 1.83 bits per heavy atom. The number of hydrogen-bond donors (Lipinski definition) is 2. The van der Waals surface area contributed by atoms with Gasteiger partial charge >= 0.3 is 0 Å². The first kappa shape index (κ1) is 12.7. The van der Waals surface area contributed by atoms with Gasteiger partial charge in [-0.1, -0.05) is 35.3 Å². The minimum atomic E-state index is -0.322. The Hall–Kier alpha value is -1.71. The van der Waals surface area contributed by atoms with E-state index >= 15 is 0 Å². The van der Waals surface area contributed by atoms with E-state index < -0.39 is 0 Å². The van der Waals surface area contributed by atoms with E-state index in [9.17, 15) is 4.79 Å². The third-order valence-corrected chi connectivity index (χ3v) is 2.94. The Bertz CT molecular complexity index is 599. The molecule has 0 saturated carbocycles. The molecule has 0 bridgehead atoms. The maximum absolute atomic E-state index is 12.0. The topological polar surface area (TPSA) is 55.1 Å². The van der Waals surface area contributed by atoms with Crippen molar-refractivity contribution in [1.29, 1.82) is 0 Å². The van der Waals surface area contributed by atoms with E-state index in [1.54, 1.807) is 42.5 Å². The minimum Gasteiger partial charge on any atom is -0.397 e. The van der Waals surface area contributed by atoms with Crippen LogP contribution in [0.3, 0.4) is 0 Å². The second kappa shape index (κ2) is 5.29. The molecule has 0 unspecified atom stereocenters. The van der Waals surface area contributed by atoms with Crippen molar-refractivity contribution in [1.82, 2.24) is 0 Å². The standard InChI is InChI=1S/C13H10Cl2N2O/c14-8-3-1-4-9(7-8)17-13(18)10-5-2-6-11(15)12(10)16/h1-7H,16H2,(H,17,18). The van der Waals surface area contributed by atoms with Gasteiger partial charge in [-0.2, -0.15) is 0 Å². The fraction of sp³-hybridized carbons (Fsp3) is 0. The molecule has 0 aliphatic carbocycles. The van der Waals surface area contributed by atoms with Crippen molar-refractivity contribution in [2.75, 3.05) is 11.1 Å². The number of carbonyl (C=O) groups excluding carboxylic acids is 1. The fourth-order valence-electron chi connectivity index (χ4n) is 1.50. The number of nitrogens with two attached hydrogens (primary N) is 1. The van der Waals surface area contributed by atoms with Gasteiger partial charge in [0.25, 0.3) is 5.91 Å². The second-order valence-corrected chi connectivity index (χ2v) is 4.51. The van der Waals surface area contributed by atoms with E-state index in [-0.39, 0.29) is 11.6 Å². The average Bonchev–Trinajstić information content (AvgIpc) is 2.32. The van der Waals surface area contributed by atoms with Crippen LogP contribution >= 0.6 is 23.2 Å². The van der Waals surface area contributed by atoms with Crippen molar-refractivity contribution in [3.05, 3.63) is 58.1 Å². The highest BCUT2D eigenvalue weighted by atomic mass is 35.5.